The molecular formula is C15H18O2. The van der Waals surface area contributed by atoms with Gasteiger partial charge in [0.25, 0.3) is 0 Å². The molecule has 90 valence electrons. The fraction of sp³-hybridized carbons (Fsp3) is 0.333. The predicted molar refractivity (Wildman–Crippen MR) is 71.0 cm³/mol. The highest BCUT2D eigenvalue weighted by Gasteiger charge is 2.08. The largest absolute Gasteiger partial charge is 0.497 e. The van der Waals surface area contributed by atoms with E-state index < -0.39 is 0 Å². The van der Waals surface area contributed by atoms with Crippen LogP contribution >= 0.6 is 0 Å². The van der Waals surface area contributed by atoms with E-state index in [2.05, 4.69) is 25.1 Å². The standard InChI is InChI=1S/C15H18O2/c1-4-5-11-6-7-12-10-13(16-2)8-9-14(12)15(11)17-3/h6-10H,4-5H2,1-3H3. The second-order valence-electron chi connectivity index (χ2n) is 4.10. The molecule has 0 aliphatic heterocycles. The molecule has 0 aliphatic carbocycles. The summed E-state index contributed by atoms with van der Waals surface area (Å²) in [5.41, 5.74) is 1.27. The average molecular weight is 230 g/mol. The van der Waals surface area contributed by atoms with Crippen LogP contribution in [0.5, 0.6) is 11.5 Å². The van der Waals surface area contributed by atoms with E-state index in [0.29, 0.717) is 0 Å². The Kier molecular flexibility index (Phi) is 3.52. The summed E-state index contributed by atoms with van der Waals surface area (Å²) in [5.74, 6) is 1.87. The third-order valence-electron chi connectivity index (χ3n) is 2.98. The van der Waals surface area contributed by atoms with Crippen molar-refractivity contribution < 1.29 is 9.47 Å². The minimum absolute atomic E-state index is 0.878. The van der Waals surface area contributed by atoms with Gasteiger partial charge in [-0.05, 0) is 35.6 Å². The van der Waals surface area contributed by atoms with Crippen LogP contribution in [0.3, 0.4) is 0 Å². The van der Waals surface area contributed by atoms with Crippen LogP contribution in [-0.2, 0) is 6.42 Å². The quantitative estimate of drug-likeness (QED) is 0.795. The molecule has 0 amide bonds. The summed E-state index contributed by atoms with van der Waals surface area (Å²) in [6, 6.07) is 10.3. The van der Waals surface area contributed by atoms with E-state index in [1.54, 1.807) is 14.2 Å². The molecule has 2 aromatic carbocycles. The molecule has 17 heavy (non-hydrogen) atoms. The summed E-state index contributed by atoms with van der Waals surface area (Å²) in [5, 5.41) is 2.31. The molecule has 2 nitrogen and oxygen atoms in total. The Hall–Kier alpha value is -1.70. The van der Waals surface area contributed by atoms with Crippen molar-refractivity contribution in [1.29, 1.82) is 0 Å². The Bertz CT molecular complexity index is 518. The number of ether oxygens (including phenoxy) is 2. The highest BCUT2D eigenvalue weighted by Crippen LogP contribution is 2.32. The molecule has 0 atom stereocenters. The lowest BCUT2D eigenvalue weighted by Crippen LogP contribution is -1.93. The van der Waals surface area contributed by atoms with Gasteiger partial charge in [-0.25, -0.2) is 0 Å². The second kappa shape index (κ2) is 5.09. The Morgan fingerprint density at radius 3 is 2.47 bits per heavy atom. The molecule has 0 heterocycles. The molecule has 0 aliphatic rings. The van der Waals surface area contributed by atoms with Crippen molar-refractivity contribution in [2.75, 3.05) is 14.2 Å². The van der Waals surface area contributed by atoms with E-state index in [0.717, 1.165) is 35.1 Å². The smallest absolute Gasteiger partial charge is 0.129 e. The van der Waals surface area contributed by atoms with Crippen molar-refractivity contribution >= 4 is 10.8 Å². The van der Waals surface area contributed by atoms with Crippen LogP contribution in [0.1, 0.15) is 18.9 Å². The van der Waals surface area contributed by atoms with Crippen molar-refractivity contribution in [3.8, 4) is 11.5 Å². The number of methoxy groups -OCH3 is 2. The maximum absolute atomic E-state index is 5.54. The lowest BCUT2D eigenvalue weighted by molar-refractivity contribution is 0.412. The van der Waals surface area contributed by atoms with Crippen molar-refractivity contribution in [3.63, 3.8) is 0 Å². The number of rotatable bonds is 4. The monoisotopic (exact) mass is 230 g/mol. The fourth-order valence-corrected chi connectivity index (χ4v) is 2.16. The van der Waals surface area contributed by atoms with Crippen LogP contribution < -0.4 is 9.47 Å². The first-order valence-electron chi connectivity index (χ1n) is 5.93. The summed E-state index contributed by atoms with van der Waals surface area (Å²) in [7, 11) is 3.42. The molecule has 0 spiro atoms. The van der Waals surface area contributed by atoms with E-state index in [4.69, 9.17) is 9.47 Å². The van der Waals surface area contributed by atoms with Gasteiger partial charge in [0.05, 0.1) is 14.2 Å². The molecule has 2 aromatic rings. The number of fused-ring (bicyclic) bond motifs is 1. The van der Waals surface area contributed by atoms with Crippen LogP contribution in [0, 0.1) is 0 Å². The number of hydrogen-bond donors (Lipinski definition) is 0. The van der Waals surface area contributed by atoms with Gasteiger partial charge in [-0.15, -0.1) is 0 Å². The van der Waals surface area contributed by atoms with E-state index in [1.165, 1.54) is 5.56 Å². The number of hydrogen-bond acceptors (Lipinski definition) is 2. The number of aryl methyl sites for hydroxylation is 1. The molecule has 0 bridgehead atoms. The number of benzene rings is 2. The Balaban J connectivity index is 2.60. The van der Waals surface area contributed by atoms with Gasteiger partial charge < -0.3 is 9.47 Å². The highest BCUT2D eigenvalue weighted by atomic mass is 16.5. The van der Waals surface area contributed by atoms with Crippen LogP contribution in [0.4, 0.5) is 0 Å². The first-order chi connectivity index (χ1) is 8.30. The summed E-state index contributed by atoms with van der Waals surface area (Å²) < 4.78 is 10.8. The molecule has 2 rings (SSSR count). The van der Waals surface area contributed by atoms with Crippen molar-refractivity contribution in [1.82, 2.24) is 0 Å². The minimum Gasteiger partial charge on any atom is -0.497 e. The topological polar surface area (TPSA) is 18.5 Å². The predicted octanol–water partition coefficient (Wildman–Crippen LogP) is 3.81. The van der Waals surface area contributed by atoms with Gasteiger partial charge in [0.1, 0.15) is 11.5 Å². The Labute approximate surface area is 102 Å². The minimum atomic E-state index is 0.878. The Morgan fingerprint density at radius 2 is 1.82 bits per heavy atom. The van der Waals surface area contributed by atoms with E-state index in [-0.39, 0.29) is 0 Å². The zero-order chi connectivity index (χ0) is 12.3. The maximum Gasteiger partial charge on any atom is 0.129 e. The molecule has 0 unspecified atom stereocenters. The molecule has 2 heteroatoms. The van der Waals surface area contributed by atoms with Gasteiger partial charge in [0.15, 0.2) is 0 Å². The van der Waals surface area contributed by atoms with Crippen LogP contribution in [0.15, 0.2) is 30.3 Å². The van der Waals surface area contributed by atoms with E-state index in [1.807, 2.05) is 12.1 Å². The molecule has 0 saturated carbocycles. The zero-order valence-electron chi connectivity index (χ0n) is 10.6. The van der Waals surface area contributed by atoms with Gasteiger partial charge in [-0.1, -0.05) is 25.5 Å². The van der Waals surface area contributed by atoms with Crippen molar-refractivity contribution in [3.05, 3.63) is 35.9 Å². The van der Waals surface area contributed by atoms with Gasteiger partial charge in [0, 0.05) is 5.39 Å². The first kappa shape index (κ1) is 11.8. The third kappa shape index (κ3) is 2.21. The second-order valence-corrected chi connectivity index (χ2v) is 4.10. The molecule has 0 N–H and O–H groups in total. The fourth-order valence-electron chi connectivity index (χ4n) is 2.16. The molecular weight excluding hydrogens is 212 g/mol. The van der Waals surface area contributed by atoms with Gasteiger partial charge in [-0.3, -0.25) is 0 Å². The van der Waals surface area contributed by atoms with Crippen molar-refractivity contribution in [2.24, 2.45) is 0 Å². The Morgan fingerprint density at radius 1 is 1.00 bits per heavy atom. The molecule has 0 fully saturated rings. The lowest BCUT2D eigenvalue weighted by atomic mass is 10.0. The summed E-state index contributed by atoms with van der Waals surface area (Å²) >= 11 is 0. The van der Waals surface area contributed by atoms with Crippen molar-refractivity contribution in [2.45, 2.75) is 19.8 Å². The molecule has 0 radical (unpaired) electrons. The molecule has 0 saturated heterocycles. The lowest BCUT2D eigenvalue weighted by Gasteiger charge is -2.12. The SMILES string of the molecule is CCCc1ccc2cc(OC)ccc2c1OC. The van der Waals surface area contributed by atoms with Gasteiger partial charge in [-0.2, -0.15) is 0 Å². The normalized spacial score (nSPS) is 10.5. The average Bonchev–Trinajstić information content (AvgIpc) is 2.38. The van der Waals surface area contributed by atoms with E-state index >= 15 is 0 Å². The molecule has 0 aromatic heterocycles. The van der Waals surface area contributed by atoms with Gasteiger partial charge >= 0.3 is 0 Å². The summed E-state index contributed by atoms with van der Waals surface area (Å²) in [6.07, 6.45) is 2.17. The van der Waals surface area contributed by atoms with Crippen LogP contribution in [0.2, 0.25) is 0 Å². The summed E-state index contributed by atoms with van der Waals surface area (Å²) in [6.45, 7) is 2.18. The van der Waals surface area contributed by atoms with Crippen LogP contribution in [0.25, 0.3) is 10.8 Å². The third-order valence-corrected chi connectivity index (χ3v) is 2.98. The highest BCUT2D eigenvalue weighted by molar-refractivity contribution is 5.90. The van der Waals surface area contributed by atoms with E-state index in [9.17, 15) is 0 Å². The van der Waals surface area contributed by atoms with Crippen LogP contribution in [-0.4, -0.2) is 14.2 Å². The first-order valence-corrected chi connectivity index (χ1v) is 5.93. The zero-order valence-corrected chi connectivity index (χ0v) is 10.6. The van der Waals surface area contributed by atoms with Gasteiger partial charge in [0.2, 0.25) is 0 Å². The summed E-state index contributed by atoms with van der Waals surface area (Å²) in [4.78, 5) is 0. The maximum atomic E-state index is 5.54.